The number of carbonyl (C=O) groups excluding carboxylic acids is 1. The molecule has 0 saturated carbocycles. The van der Waals surface area contributed by atoms with Crippen LogP contribution in [0.15, 0.2) is 18.2 Å². The maximum atomic E-state index is 11.7. The molecule has 1 N–H and O–H groups in total. The number of hydrogen-bond donors (Lipinski definition) is 1. The molecule has 1 amide bonds. The molecule has 0 unspecified atom stereocenters. The van der Waals surface area contributed by atoms with Crippen molar-refractivity contribution < 1.29 is 14.3 Å². The minimum Gasteiger partial charge on any atom is -0.710 e. The fraction of sp³-hybridized carbons (Fsp3) is 0.455. The van der Waals surface area contributed by atoms with Crippen LogP contribution in [0.2, 0.25) is 0 Å². The predicted molar refractivity (Wildman–Crippen MR) is 64.8 cm³/mol. The van der Waals surface area contributed by atoms with Crippen molar-refractivity contribution in [1.82, 2.24) is 0 Å². The smallest absolute Gasteiger partial charge is 0.505 e. The van der Waals surface area contributed by atoms with Crippen molar-refractivity contribution in [3.05, 3.63) is 29.1 Å². The van der Waals surface area contributed by atoms with E-state index >= 15 is 0 Å². The zero-order valence-corrected chi connectivity index (χ0v) is 10.7. The van der Waals surface area contributed by atoms with Gasteiger partial charge in [0.05, 0.1) is 5.88 Å². The molecule has 1 aromatic rings. The topological polar surface area (TPSA) is 65.3 Å². The molecule has 0 fully saturated rings. The van der Waals surface area contributed by atoms with Gasteiger partial charge in [0, 0.05) is 6.07 Å². The standard InChI is InChI=1S/C11H15ClN2O3/c1-11(2,3)17-10(15)13-9-6-4-5-8(7-12)14(9)16/h4-6H,7H2,1-3H3,(H,13,15). The van der Waals surface area contributed by atoms with Crippen molar-refractivity contribution in [1.29, 1.82) is 0 Å². The van der Waals surface area contributed by atoms with Gasteiger partial charge in [0.15, 0.2) is 0 Å². The van der Waals surface area contributed by atoms with Gasteiger partial charge in [0.25, 0.3) is 5.82 Å². The van der Waals surface area contributed by atoms with Crippen molar-refractivity contribution in [3.63, 3.8) is 0 Å². The Morgan fingerprint density at radius 1 is 1.53 bits per heavy atom. The maximum Gasteiger partial charge on any atom is 0.505 e. The van der Waals surface area contributed by atoms with Gasteiger partial charge < -0.3 is 9.94 Å². The third kappa shape index (κ3) is 4.11. The van der Waals surface area contributed by atoms with Crippen molar-refractivity contribution >= 4 is 23.5 Å². The number of anilines is 1. The lowest BCUT2D eigenvalue weighted by Crippen LogP contribution is -2.38. The molecule has 94 valence electrons. The van der Waals surface area contributed by atoms with Crippen molar-refractivity contribution in [2.24, 2.45) is 0 Å². The minimum absolute atomic E-state index is 0.0767. The molecule has 0 aliphatic carbocycles. The molecule has 5 nitrogen and oxygen atoms in total. The van der Waals surface area contributed by atoms with Gasteiger partial charge in [-0.15, -0.1) is 11.6 Å². The summed E-state index contributed by atoms with van der Waals surface area (Å²) in [7, 11) is 0. The molecule has 0 saturated heterocycles. The van der Waals surface area contributed by atoms with E-state index < -0.39 is 11.7 Å². The number of nitrogens with zero attached hydrogens (tertiary/aromatic N) is 1. The molecule has 0 aliphatic heterocycles. The summed E-state index contributed by atoms with van der Waals surface area (Å²) in [5.74, 6) is 0.172. The van der Waals surface area contributed by atoms with E-state index in [1.807, 2.05) is 0 Å². The van der Waals surface area contributed by atoms with E-state index in [2.05, 4.69) is 5.32 Å². The summed E-state index contributed by atoms with van der Waals surface area (Å²) >= 11 is 5.58. The number of hydrogen-bond acceptors (Lipinski definition) is 3. The molecular weight excluding hydrogens is 244 g/mol. The quantitative estimate of drug-likeness (QED) is 0.503. The zero-order valence-electron chi connectivity index (χ0n) is 9.99. The van der Waals surface area contributed by atoms with Crippen LogP contribution in [0.4, 0.5) is 10.6 Å². The lowest BCUT2D eigenvalue weighted by molar-refractivity contribution is -0.597. The largest absolute Gasteiger partial charge is 0.710 e. The van der Waals surface area contributed by atoms with Gasteiger partial charge in [-0.2, -0.15) is 10.1 Å². The van der Waals surface area contributed by atoms with E-state index in [0.29, 0.717) is 10.4 Å². The van der Waals surface area contributed by atoms with E-state index in [4.69, 9.17) is 16.3 Å². The van der Waals surface area contributed by atoms with Gasteiger partial charge in [0.2, 0.25) is 0 Å². The fourth-order valence-corrected chi connectivity index (χ4v) is 1.34. The molecule has 0 aliphatic rings. The second kappa shape index (κ2) is 5.23. The fourth-order valence-electron chi connectivity index (χ4n) is 1.14. The van der Waals surface area contributed by atoms with Crippen molar-refractivity contribution in [2.75, 3.05) is 5.32 Å². The monoisotopic (exact) mass is 258 g/mol. The first-order chi connectivity index (χ1) is 7.83. The summed E-state index contributed by atoms with van der Waals surface area (Å²) in [6.45, 7) is 5.23. The van der Waals surface area contributed by atoms with Crippen LogP contribution in [0.1, 0.15) is 26.5 Å². The Bertz CT molecular complexity index is 416. The number of carbonyl (C=O) groups is 1. The van der Waals surface area contributed by atoms with E-state index in [1.165, 1.54) is 6.07 Å². The molecule has 0 aromatic carbocycles. The Balaban J connectivity index is 2.79. The van der Waals surface area contributed by atoms with Gasteiger partial charge in [-0.3, -0.25) is 0 Å². The van der Waals surface area contributed by atoms with Crippen LogP contribution in [-0.4, -0.2) is 11.7 Å². The van der Waals surface area contributed by atoms with Gasteiger partial charge in [-0.25, -0.2) is 4.73 Å². The van der Waals surface area contributed by atoms with Crippen LogP contribution >= 0.6 is 11.6 Å². The molecule has 0 spiro atoms. The van der Waals surface area contributed by atoms with Crippen molar-refractivity contribution in [2.45, 2.75) is 32.3 Å². The average molecular weight is 259 g/mol. The summed E-state index contributed by atoms with van der Waals surface area (Å²) in [5, 5.41) is 14.0. The van der Waals surface area contributed by atoms with Crippen LogP contribution in [0.5, 0.6) is 0 Å². The molecule has 1 heterocycles. The predicted octanol–water partition coefficient (Wildman–Crippen LogP) is 2.41. The Morgan fingerprint density at radius 3 is 2.71 bits per heavy atom. The molecule has 17 heavy (non-hydrogen) atoms. The zero-order chi connectivity index (χ0) is 13.1. The summed E-state index contributed by atoms with van der Waals surface area (Å²) < 4.78 is 5.60. The number of alkyl halides is 1. The normalized spacial score (nSPS) is 11.1. The second-order valence-electron chi connectivity index (χ2n) is 4.46. The average Bonchev–Trinajstić information content (AvgIpc) is 2.18. The van der Waals surface area contributed by atoms with E-state index in [0.717, 1.165) is 0 Å². The highest BCUT2D eigenvalue weighted by molar-refractivity contribution is 6.16. The van der Waals surface area contributed by atoms with Crippen LogP contribution in [0.25, 0.3) is 0 Å². The third-order valence-corrected chi connectivity index (χ3v) is 2.06. The second-order valence-corrected chi connectivity index (χ2v) is 4.72. The maximum absolute atomic E-state index is 11.7. The number of pyridine rings is 1. The van der Waals surface area contributed by atoms with Gasteiger partial charge in [0.1, 0.15) is 11.3 Å². The van der Waals surface area contributed by atoms with Crippen LogP contribution in [0, 0.1) is 5.21 Å². The molecule has 1 aromatic heterocycles. The molecule has 6 heteroatoms. The lowest BCUT2D eigenvalue weighted by Gasteiger charge is -2.18. The number of ether oxygens (including phenoxy) is 1. The molecular formula is C11H15ClN2O3. The highest BCUT2D eigenvalue weighted by Gasteiger charge is 2.21. The summed E-state index contributed by atoms with van der Waals surface area (Å²) in [6.07, 6.45) is -0.672. The number of aromatic nitrogens is 1. The summed E-state index contributed by atoms with van der Waals surface area (Å²) in [6, 6.07) is 4.70. The third-order valence-electron chi connectivity index (χ3n) is 1.79. The number of amides is 1. The molecule has 1 rings (SSSR count). The minimum atomic E-state index is -0.672. The summed E-state index contributed by atoms with van der Waals surface area (Å²) in [5.41, 5.74) is -0.248. The van der Waals surface area contributed by atoms with E-state index in [1.54, 1.807) is 32.9 Å². The molecule has 0 radical (unpaired) electrons. The van der Waals surface area contributed by atoms with Gasteiger partial charge >= 0.3 is 6.09 Å². The van der Waals surface area contributed by atoms with Crippen LogP contribution in [-0.2, 0) is 10.6 Å². The van der Waals surface area contributed by atoms with Gasteiger partial charge in [-0.1, -0.05) is 6.07 Å². The first-order valence-electron chi connectivity index (χ1n) is 5.11. The van der Waals surface area contributed by atoms with Gasteiger partial charge in [-0.05, 0) is 26.8 Å². The Kier molecular flexibility index (Phi) is 4.17. The molecule has 0 atom stereocenters. The van der Waals surface area contributed by atoms with E-state index in [9.17, 15) is 10.0 Å². The number of halogens is 1. The summed E-state index contributed by atoms with van der Waals surface area (Å²) in [4.78, 5) is 11.5. The van der Waals surface area contributed by atoms with E-state index in [-0.39, 0.29) is 11.7 Å². The molecule has 0 bridgehead atoms. The number of rotatable bonds is 2. The first-order valence-corrected chi connectivity index (χ1v) is 5.64. The number of nitrogens with one attached hydrogen (secondary N) is 1. The lowest BCUT2D eigenvalue weighted by atomic mass is 10.2. The SMILES string of the molecule is CC(C)(C)OC(=O)Nc1cccc(CCl)[n+]1[O-]. The van der Waals surface area contributed by atoms with Crippen LogP contribution in [0.3, 0.4) is 0 Å². The first kappa shape index (κ1) is 13.6. The van der Waals surface area contributed by atoms with Crippen LogP contribution < -0.4 is 10.0 Å². The Morgan fingerprint density at radius 2 is 2.18 bits per heavy atom. The highest BCUT2D eigenvalue weighted by Crippen LogP contribution is 2.10. The van der Waals surface area contributed by atoms with Crippen molar-refractivity contribution in [3.8, 4) is 0 Å². The Labute approximate surface area is 105 Å². The highest BCUT2D eigenvalue weighted by atomic mass is 35.5. The Hall–Kier alpha value is -1.49.